The second-order valence-corrected chi connectivity index (χ2v) is 6.89. The van der Waals surface area contributed by atoms with E-state index in [1.165, 1.54) is 58.4 Å². The van der Waals surface area contributed by atoms with Gasteiger partial charge in [-0.05, 0) is 38.8 Å². The van der Waals surface area contributed by atoms with Crippen LogP contribution in [0.5, 0.6) is 0 Å². The van der Waals surface area contributed by atoms with E-state index in [1.54, 1.807) is 0 Å². The Bertz CT molecular complexity index is 313. The number of unbranched alkanes of at least 4 members (excludes halogenated alkanes) is 1. The highest BCUT2D eigenvalue weighted by atomic mass is 15.3. The number of hydrogen-bond acceptors (Lipinski definition) is 3. The molecule has 3 N–H and O–H groups in total. The molecule has 0 aliphatic carbocycles. The molecule has 0 spiro atoms. The van der Waals surface area contributed by atoms with Crippen LogP contribution in [0, 0.1) is 10.8 Å². The van der Waals surface area contributed by atoms with E-state index in [4.69, 9.17) is 11.1 Å². The maximum absolute atomic E-state index is 7.57. The summed E-state index contributed by atoms with van der Waals surface area (Å²) in [4.78, 5) is 5.29. The van der Waals surface area contributed by atoms with Gasteiger partial charge in [-0.3, -0.25) is 10.3 Å². The molecule has 2 heterocycles. The molecular weight excluding hydrogens is 236 g/mol. The van der Waals surface area contributed by atoms with Crippen molar-refractivity contribution < 1.29 is 0 Å². The van der Waals surface area contributed by atoms with E-state index in [1.807, 2.05) is 0 Å². The van der Waals surface area contributed by atoms with Gasteiger partial charge in [0.15, 0.2) is 0 Å². The Kier molecular flexibility index (Phi) is 4.85. The lowest BCUT2D eigenvalue weighted by Crippen LogP contribution is -2.50. The maximum Gasteiger partial charge on any atom is 0.0963 e. The Morgan fingerprint density at radius 2 is 2.05 bits per heavy atom. The average Bonchev–Trinajstić information content (AvgIpc) is 2.81. The quantitative estimate of drug-likeness (QED) is 0.438. The fraction of sp³-hybridized carbons (Fsp3) is 0.933. The van der Waals surface area contributed by atoms with Gasteiger partial charge in [-0.25, -0.2) is 0 Å². The number of nitrogens with one attached hydrogen (secondary N) is 1. The van der Waals surface area contributed by atoms with Crippen LogP contribution < -0.4 is 5.73 Å². The summed E-state index contributed by atoms with van der Waals surface area (Å²) in [6, 6.07) is 0.836. The molecular formula is C15H30N4. The second kappa shape index (κ2) is 6.23. The number of piperazine rings is 1. The number of rotatable bonds is 6. The van der Waals surface area contributed by atoms with Crippen LogP contribution in [0.3, 0.4) is 0 Å². The van der Waals surface area contributed by atoms with Crippen LogP contribution in [0.25, 0.3) is 0 Å². The zero-order valence-corrected chi connectivity index (χ0v) is 12.6. The third-order valence-electron chi connectivity index (χ3n) is 4.93. The van der Waals surface area contributed by atoms with Crippen molar-refractivity contribution in [3.8, 4) is 0 Å². The van der Waals surface area contributed by atoms with E-state index in [0.29, 0.717) is 5.84 Å². The minimum atomic E-state index is -0.121. The number of hydrogen-bond donors (Lipinski definition) is 2. The monoisotopic (exact) mass is 266 g/mol. The van der Waals surface area contributed by atoms with Gasteiger partial charge in [0.05, 0.1) is 5.84 Å². The molecule has 0 aromatic heterocycles. The molecule has 0 aromatic rings. The van der Waals surface area contributed by atoms with Crippen LogP contribution in [0.1, 0.15) is 46.0 Å². The molecule has 2 aliphatic rings. The van der Waals surface area contributed by atoms with Crippen LogP contribution >= 0.6 is 0 Å². The zero-order chi connectivity index (χ0) is 13.9. The summed E-state index contributed by atoms with van der Waals surface area (Å²) in [5.74, 6) is 0.326. The normalized spacial score (nSPS) is 25.5. The van der Waals surface area contributed by atoms with Gasteiger partial charge in [0, 0.05) is 31.1 Å². The third-order valence-corrected chi connectivity index (χ3v) is 4.93. The van der Waals surface area contributed by atoms with Gasteiger partial charge in [0.1, 0.15) is 0 Å². The number of nitrogens with zero attached hydrogens (tertiary/aromatic N) is 2. The minimum Gasteiger partial charge on any atom is -0.387 e. The smallest absolute Gasteiger partial charge is 0.0963 e. The predicted molar refractivity (Wildman–Crippen MR) is 80.6 cm³/mol. The van der Waals surface area contributed by atoms with Crippen LogP contribution in [-0.4, -0.2) is 54.4 Å². The largest absolute Gasteiger partial charge is 0.387 e. The third kappa shape index (κ3) is 3.93. The first-order chi connectivity index (χ1) is 8.99. The second-order valence-electron chi connectivity index (χ2n) is 6.89. The maximum atomic E-state index is 7.57. The van der Waals surface area contributed by atoms with E-state index < -0.39 is 0 Å². The number of fused-ring (bicyclic) bond motifs is 1. The summed E-state index contributed by atoms with van der Waals surface area (Å²) >= 11 is 0. The fourth-order valence-electron chi connectivity index (χ4n) is 3.30. The van der Waals surface area contributed by atoms with Crippen molar-refractivity contribution in [2.75, 3.05) is 32.7 Å². The van der Waals surface area contributed by atoms with Crippen LogP contribution in [0.2, 0.25) is 0 Å². The number of amidine groups is 1. The molecule has 0 aromatic carbocycles. The molecule has 0 radical (unpaired) electrons. The molecule has 0 amide bonds. The van der Waals surface area contributed by atoms with Gasteiger partial charge in [0.25, 0.3) is 0 Å². The van der Waals surface area contributed by atoms with E-state index in [9.17, 15) is 0 Å². The van der Waals surface area contributed by atoms with Gasteiger partial charge in [-0.1, -0.05) is 20.3 Å². The van der Waals surface area contributed by atoms with Crippen molar-refractivity contribution in [3.63, 3.8) is 0 Å². The van der Waals surface area contributed by atoms with Crippen molar-refractivity contribution >= 4 is 5.84 Å². The average molecular weight is 266 g/mol. The van der Waals surface area contributed by atoms with Crippen LogP contribution in [0.4, 0.5) is 0 Å². The highest BCUT2D eigenvalue weighted by Gasteiger charge is 2.30. The first-order valence-electron chi connectivity index (χ1n) is 7.80. The Morgan fingerprint density at radius 3 is 2.79 bits per heavy atom. The van der Waals surface area contributed by atoms with Crippen molar-refractivity contribution in [3.05, 3.63) is 0 Å². The molecule has 2 fully saturated rings. The standard InChI is InChI=1S/C15H30N4/c1-15(2,14(16)17)7-3-4-8-18-10-11-19-9-5-6-13(19)12-18/h13H,3-12H2,1-2H3,(H3,16,17). The zero-order valence-electron chi connectivity index (χ0n) is 12.6. The molecule has 0 bridgehead atoms. The van der Waals surface area contributed by atoms with Gasteiger partial charge in [-0.2, -0.15) is 0 Å². The Labute approximate surface area is 117 Å². The number of nitrogens with two attached hydrogens (primary N) is 1. The van der Waals surface area contributed by atoms with E-state index >= 15 is 0 Å². The molecule has 2 rings (SSSR count). The first-order valence-corrected chi connectivity index (χ1v) is 7.80. The summed E-state index contributed by atoms with van der Waals surface area (Å²) in [6.07, 6.45) is 6.24. The predicted octanol–water partition coefficient (Wildman–Crippen LogP) is 1.90. The highest BCUT2D eigenvalue weighted by molar-refractivity contribution is 5.82. The Hall–Kier alpha value is -0.610. The van der Waals surface area contributed by atoms with E-state index in [0.717, 1.165) is 12.5 Å². The molecule has 1 atom stereocenters. The molecule has 4 nitrogen and oxygen atoms in total. The summed E-state index contributed by atoms with van der Waals surface area (Å²) in [7, 11) is 0. The van der Waals surface area contributed by atoms with Crippen molar-refractivity contribution in [1.29, 1.82) is 5.41 Å². The Balaban J connectivity index is 1.62. The van der Waals surface area contributed by atoms with Gasteiger partial charge in [0.2, 0.25) is 0 Å². The van der Waals surface area contributed by atoms with E-state index in [2.05, 4.69) is 23.6 Å². The molecule has 4 heteroatoms. The summed E-state index contributed by atoms with van der Waals surface area (Å²) < 4.78 is 0. The fourth-order valence-corrected chi connectivity index (χ4v) is 3.30. The summed E-state index contributed by atoms with van der Waals surface area (Å²) in [5.41, 5.74) is 5.50. The molecule has 0 saturated carbocycles. The van der Waals surface area contributed by atoms with Crippen molar-refractivity contribution in [2.45, 2.75) is 52.0 Å². The molecule has 110 valence electrons. The molecule has 1 unspecified atom stereocenters. The Morgan fingerprint density at radius 1 is 1.26 bits per heavy atom. The first kappa shape index (κ1) is 14.8. The van der Waals surface area contributed by atoms with Gasteiger partial charge < -0.3 is 10.6 Å². The van der Waals surface area contributed by atoms with Crippen molar-refractivity contribution in [2.24, 2.45) is 11.1 Å². The lowest BCUT2D eigenvalue weighted by atomic mass is 9.86. The highest BCUT2D eigenvalue weighted by Crippen LogP contribution is 2.24. The lowest BCUT2D eigenvalue weighted by molar-refractivity contribution is 0.103. The lowest BCUT2D eigenvalue weighted by Gasteiger charge is -2.37. The van der Waals surface area contributed by atoms with Crippen molar-refractivity contribution in [1.82, 2.24) is 9.80 Å². The molecule has 2 saturated heterocycles. The topological polar surface area (TPSA) is 56.4 Å². The van der Waals surface area contributed by atoms with Crippen LogP contribution in [0.15, 0.2) is 0 Å². The molecule has 2 aliphatic heterocycles. The SMILES string of the molecule is CC(C)(CCCCN1CCN2CCCC2C1)C(=N)N. The van der Waals surface area contributed by atoms with Gasteiger partial charge in [-0.15, -0.1) is 0 Å². The summed E-state index contributed by atoms with van der Waals surface area (Å²) in [5, 5.41) is 7.57. The van der Waals surface area contributed by atoms with Crippen LogP contribution in [-0.2, 0) is 0 Å². The van der Waals surface area contributed by atoms with Gasteiger partial charge >= 0.3 is 0 Å². The van der Waals surface area contributed by atoms with E-state index in [-0.39, 0.29) is 5.41 Å². The molecule has 19 heavy (non-hydrogen) atoms. The summed E-state index contributed by atoms with van der Waals surface area (Å²) in [6.45, 7) is 10.5. The minimum absolute atomic E-state index is 0.121.